The van der Waals surface area contributed by atoms with Crippen LogP contribution in [0.3, 0.4) is 0 Å². The molecule has 144 valence electrons. The molecule has 0 radical (unpaired) electrons. The molecule has 0 saturated carbocycles. The molecule has 26 heavy (non-hydrogen) atoms. The van der Waals surface area contributed by atoms with Crippen LogP contribution in [0.4, 0.5) is 5.69 Å². The van der Waals surface area contributed by atoms with Crippen molar-refractivity contribution in [3.8, 4) is 0 Å². The standard InChI is InChI=1S/C18H27N3O4S/c1-13(2)12-19-18(23)15-8-10-21(11-9-15)26(24,25)17-6-4-16(5-7-17)20-14(3)22/h4-7,13,15H,8-12H2,1-3H3,(H,19,23)(H,20,22). The van der Waals surface area contributed by atoms with E-state index in [1.54, 1.807) is 12.1 Å². The molecule has 2 amide bonds. The summed E-state index contributed by atoms with van der Waals surface area (Å²) in [5, 5.41) is 5.53. The Kier molecular flexibility index (Phi) is 6.77. The van der Waals surface area contributed by atoms with Crippen molar-refractivity contribution in [1.29, 1.82) is 0 Å². The van der Waals surface area contributed by atoms with Gasteiger partial charge in [-0.2, -0.15) is 4.31 Å². The number of nitrogens with zero attached hydrogens (tertiary/aromatic N) is 1. The maximum atomic E-state index is 12.8. The summed E-state index contributed by atoms with van der Waals surface area (Å²) in [7, 11) is -3.59. The summed E-state index contributed by atoms with van der Waals surface area (Å²) >= 11 is 0. The van der Waals surface area contributed by atoms with Gasteiger partial charge in [-0.15, -0.1) is 0 Å². The number of hydrogen-bond acceptors (Lipinski definition) is 4. The number of piperidine rings is 1. The van der Waals surface area contributed by atoms with Gasteiger partial charge in [-0.1, -0.05) is 13.8 Å². The second-order valence-electron chi connectivity index (χ2n) is 7.02. The Hall–Kier alpha value is -1.93. The van der Waals surface area contributed by atoms with Crippen molar-refractivity contribution in [2.75, 3.05) is 25.0 Å². The predicted octanol–water partition coefficient (Wildman–Crippen LogP) is 1.82. The largest absolute Gasteiger partial charge is 0.356 e. The molecular formula is C18H27N3O4S. The Morgan fingerprint density at radius 3 is 2.23 bits per heavy atom. The molecule has 2 rings (SSSR count). The minimum atomic E-state index is -3.59. The highest BCUT2D eigenvalue weighted by Gasteiger charge is 2.32. The summed E-state index contributed by atoms with van der Waals surface area (Å²) in [5.41, 5.74) is 0.553. The van der Waals surface area contributed by atoms with E-state index < -0.39 is 10.0 Å². The average molecular weight is 381 g/mol. The number of carbonyl (C=O) groups excluding carboxylic acids is 2. The van der Waals surface area contributed by atoms with Crippen molar-refractivity contribution in [2.24, 2.45) is 11.8 Å². The molecule has 0 spiro atoms. The predicted molar refractivity (Wildman–Crippen MR) is 100 cm³/mol. The van der Waals surface area contributed by atoms with Crippen LogP contribution in [0.1, 0.15) is 33.6 Å². The van der Waals surface area contributed by atoms with Crippen LogP contribution in [0.25, 0.3) is 0 Å². The second-order valence-corrected chi connectivity index (χ2v) is 8.96. The Balaban J connectivity index is 1.97. The number of benzene rings is 1. The lowest BCUT2D eigenvalue weighted by atomic mass is 9.97. The van der Waals surface area contributed by atoms with Crippen molar-refractivity contribution in [2.45, 2.75) is 38.5 Å². The zero-order valence-electron chi connectivity index (χ0n) is 15.5. The Bertz CT molecular complexity index is 736. The topological polar surface area (TPSA) is 95.6 Å². The Labute approximate surface area is 155 Å². The van der Waals surface area contributed by atoms with Gasteiger partial charge in [0.2, 0.25) is 21.8 Å². The van der Waals surface area contributed by atoms with Crippen molar-refractivity contribution in [1.82, 2.24) is 9.62 Å². The van der Waals surface area contributed by atoms with Crippen LogP contribution < -0.4 is 10.6 Å². The molecule has 1 heterocycles. The van der Waals surface area contributed by atoms with Crippen molar-refractivity contribution < 1.29 is 18.0 Å². The molecule has 0 atom stereocenters. The third-order valence-electron chi connectivity index (χ3n) is 4.32. The highest BCUT2D eigenvalue weighted by molar-refractivity contribution is 7.89. The number of sulfonamides is 1. The van der Waals surface area contributed by atoms with E-state index in [-0.39, 0.29) is 22.6 Å². The summed E-state index contributed by atoms with van der Waals surface area (Å²) in [6.07, 6.45) is 1.04. The molecule has 2 N–H and O–H groups in total. The highest BCUT2D eigenvalue weighted by Crippen LogP contribution is 2.25. The van der Waals surface area contributed by atoms with Gasteiger partial charge in [-0.05, 0) is 43.0 Å². The third kappa shape index (κ3) is 5.28. The maximum absolute atomic E-state index is 12.8. The van der Waals surface area contributed by atoms with Crippen LogP contribution in [-0.4, -0.2) is 44.2 Å². The number of anilines is 1. The van der Waals surface area contributed by atoms with Gasteiger partial charge in [0.15, 0.2) is 0 Å². The lowest BCUT2D eigenvalue weighted by molar-refractivity contribution is -0.126. The van der Waals surface area contributed by atoms with E-state index in [0.29, 0.717) is 44.1 Å². The van der Waals surface area contributed by atoms with Gasteiger partial charge in [0.1, 0.15) is 0 Å². The quantitative estimate of drug-likeness (QED) is 0.786. The van der Waals surface area contributed by atoms with Crippen LogP contribution in [-0.2, 0) is 19.6 Å². The minimum absolute atomic E-state index is 0.00964. The third-order valence-corrected chi connectivity index (χ3v) is 6.23. The molecule has 0 unspecified atom stereocenters. The molecule has 0 aromatic heterocycles. The lowest BCUT2D eigenvalue weighted by Gasteiger charge is -2.30. The molecule has 1 fully saturated rings. The zero-order valence-corrected chi connectivity index (χ0v) is 16.3. The average Bonchev–Trinajstić information content (AvgIpc) is 2.59. The van der Waals surface area contributed by atoms with Crippen molar-refractivity contribution in [3.05, 3.63) is 24.3 Å². The van der Waals surface area contributed by atoms with Gasteiger partial charge in [0.05, 0.1) is 4.90 Å². The molecule has 8 heteroatoms. The SMILES string of the molecule is CC(=O)Nc1ccc(S(=O)(=O)N2CCC(C(=O)NCC(C)C)CC2)cc1. The van der Waals surface area contributed by atoms with Gasteiger partial charge < -0.3 is 10.6 Å². The molecule has 0 aliphatic carbocycles. The van der Waals surface area contributed by atoms with Crippen LogP contribution in [0, 0.1) is 11.8 Å². The first-order chi connectivity index (χ1) is 12.2. The summed E-state index contributed by atoms with van der Waals surface area (Å²) in [6, 6.07) is 6.12. The molecule has 1 aromatic carbocycles. The monoisotopic (exact) mass is 381 g/mol. The Morgan fingerprint density at radius 2 is 1.73 bits per heavy atom. The maximum Gasteiger partial charge on any atom is 0.243 e. The first-order valence-corrected chi connectivity index (χ1v) is 10.3. The summed E-state index contributed by atoms with van der Waals surface area (Å²) in [4.78, 5) is 23.4. The number of amides is 2. The van der Waals surface area contributed by atoms with E-state index in [1.165, 1.54) is 23.4 Å². The van der Waals surface area contributed by atoms with Crippen LogP contribution in [0.5, 0.6) is 0 Å². The van der Waals surface area contributed by atoms with E-state index in [2.05, 4.69) is 10.6 Å². The molecule has 1 saturated heterocycles. The van der Waals surface area contributed by atoms with Crippen LogP contribution in [0.2, 0.25) is 0 Å². The van der Waals surface area contributed by atoms with Crippen molar-refractivity contribution in [3.63, 3.8) is 0 Å². The molecular weight excluding hydrogens is 354 g/mol. The fourth-order valence-electron chi connectivity index (χ4n) is 2.87. The van der Waals surface area contributed by atoms with Crippen molar-refractivity contribution >= 4 is 27.5 Å². The number of hydrogen-bond donors (Lipinski definition) is 2. The second kappa shape index (κ2) is 8.64. The number of rotatable bonds is 6. The van der Waals surface area contributed by atoms with Gasteiger partial charge in [-0.3, -0.25) is 9.59 Å². The van der Waals surface area contributed by atoms with Crippen LogP contribution >= 0.6 is 0 Å². The zero-order chi connectivity index (χ0) is 19.3. The van der Waals surface area contributed by atoms with E-state index in [9.17, 15) is 18.0 Å². The fourth-order valence-corrected chi connectivity index (χ4v) is 4.34. The van der Waals surface area contributed by atoms with Gasteiger partial charge in [0, 0.05) is 38.2 Å². The summed E-state index contributed by atoms with van der Waals surface area (Å²) < 4.78 is 26.9. The first kappa shape index (κ1) is 20.4. The summed E-state index contributed by atoms with van der Waals surface area (Å²) in [5.74, 6) is 0.0519. The molecule has 1 aliphatic rings. The van der Waals surface area contributed by atoms with E-state index in [0.717, 1.165) is 0 Å². The molecule has 1 aromatic rings. The van der Waals surface area contributed by atoms with E-state index in [1.807, 2.05) is 13.8 Å². The highest BCUT2D eigenvalue weighted by atomic mass is 32.2. The normalized spacial score (nSPS) is 16.5. The lowest BCUT2D eigenvalue weighted by Crippen LogP contribution is -2.43. The Morgan fingerprint density at radius 1 is 1.15 bits per heavy atom. The molecule has 1 aliphatic heterocycles. The summed E-state index contributed by atoms with van der Waals surface area (Å²) in [6.45, 7) is 6.76. The van der Waals surface area contributed by atoms with Gasteiger partial charge in [0.25, 0.3) is 0 Å². The minimum Gasteiger partial charge on any atom is -0.356 e. The molecule has 7 nitrogen and oxygen atoms in total. The van der Waals surface area contributed by atoms with E-state index >= 15 is 0 Å². The smallest absolute Gasteiger partial charge is 0.243 e. The van der Waals surface area contributed by atoms with E-state index in [4.69, 9.17) is 0 Å². The van der Waals surface area contributed by atoms with Gasteiger partial charge >= 0.3 is 0 Å². The fraction of sp³-hybridized carbons (Fsp3) is 0.556. The van der Waals surface area contributed by atoms with Crippen LogP contribution in [0.15, 0.2) is 29.2 Å². The number of nitrogens with one attached hydrogen (secondary N) is 2. The molecule has 0 bridgehead atoms. The first-order valence-electron chi connectivity index (χ1n) is 8.85. The number of carbonyl (C=O) groups is 2. The van der Waals surface area contributed by atoms with Gasteiger partial charge in [-0.25, -0.2) is 8.42 Å².